The molecule has 3 heterocycles. The van der Waals surface area contributed by atoms with Gasteiger partial charge >= 0.3 is 0 Å². The number of aromatic nitrogens is 2. The molecule has 1 aromatic carbocycles. The first kappa shape index (κ1) is 24.1. The molecule has 1 saturated heterocycles. The van der Waals surface area contributed by atoms with Crippen LogP contribution in [-0.2, 0) is 17.6 Å². The number of aliphatic hydroxyl groups is 1. The van der Waals surface area contributed by atoms with Gasteiger partial charge in [0.2, 0.25) is 0 Å². The molecular weight excluding hydrogens is 464 g/mol. The van der Waals surface area contributed by atoms with Crippen LogP contribution in [0.2, 0.25) is 0 Å². The molecule has 6 rings (SSSR count). The molecule has 2 unspecified atom stereocenters. The minimum atomic E-state index is -0.495. The van der Waals surface area contributed by atoms with Crippen LogP contribution in [0.4, 0.5) is 5.69 Å². The number of nitrogens with zero attached hydrogens (tertiary/aromatic N) is 4. The summed E-state index contributed by atoms with van der Waals surface area (Å²) in [4.78, 5) is 25.3. The summed E-state index contributed by atoms with van der Waals surface area (Å²) in [5.41, 5.74) is 7.28. The SMILES string of the molecule is O=c1c2c(ncn1C1CCCCC1O)C1=CC=NC=C(C1)C(Cc1ccc(N3CCOCC3)cc1)=CC2. The molecule has 7 heteroatoms. The fourth-order valence-corrected chi connectivity index (χ4v) is 5.96. The van der Waals surface area contributed by atoms with Gasteiger partial charge in [0.1, 0.15) is 0 Å². The molecule has 0 amide bonds. The van der Waals surface area contributed by atoms with E-state index in [1.165, 1.54) is 16.8 Å². The summed E-state index contributed by atoms with van der Waals surface area (Å²) in [7, 11) is 0. The first-order chi connectivity index (χ1) is 18.2. The van der Waals surface area contributed by atoms with Crippen LogP contribution in [0.5, 0.6) is 0 Å². The highest BCUT2D eigenvalue weighted by molar-refractivity contribution is 5.87. The molecule has 4 aliphatic rings. The summed E-state index contributed by atoms with van der Waals surface area (Å²) in [6, 6.07) is 8.60. The van der Waals surface area contributed by atoms with Gasteiger partial charge in [-0.25, -0.2) is 4.98 Å². The monoisotopic (exact) mass is 498 g/mol. The normalized spacial score (nSPS) is 23.7. The molecule has 1 saturated carbocycles. The quantitative estimate of drug-likeness (QED) is 0.689. The predicted molar refractivity (Wildman–Crippen MR) is 146 cm³/mol. The molecule has 2 fully saturated rings. The fourth-order valence-electron chi connectivity index (χ4n) is 5.96. The van der Waals surface area contributed by atoms with E-state index in [0.717, 1.165) is 75.2 Å². The topological polar surface area (TPSA) is 80.0 Å². The van der Waals surface area contributed by atoms with Crippen LogP contribution in [0.25, 0.3) is 5.57 Å². The van der Waals surface area contributed by atoms with Crippen molar-refractivity contribution in [3.05, 3.63) is 87.3 Å². The second-order valence-corrected chi connectivity index (χ2v) is 10.4. The van der Waals surface area contributed by atoms with Crippen molar-refractivity contribution >= 4 is 17.5 Å². The number of hydrogen-bond acceptors (Lipinski definition) is 6. The Morgan fingerprint density at radius 3 is 2.68 bits per heavy atom. The lowest BCUT2D eigenvalue weighted by Gasteiger charge is -2.30. The van der Waals surface area contributed by atoms with E-state index in [2.05, 4.69) is 40.2 Å². The zero-order valence-corrected chi connectivity index (χ0v) is 21.2. The van der Waals surface area contributed by atoms with Crippen molar-refractivity contribution in [3.8, 4) is 0 Å². The summed E-state index contributed by atoms with van der Waals surface area (Å²) in [6.07, 6.45) is 14.6. The maximum Gasteiger partial charge on any atom is 0.257 e. The van der Waals surface area contributed by atoms with Crippen LogP contribution < -0.4 is 10.5 Å². The second-order valence-electron chi connectivity index (χ2n) is 10.4. The number of rotatable bonds is 4. The third kappa shape index (κ3) is 4.98. The summed E-state index contributed by atoms with van der Waals surface area (Å²) in [6.45, 7) is 3.40. The van der Waals surface area contributed by atoms with Crippen molar-refractivity contribution in [2.24, 2.45) is 4.99 Å². The number of aliphatic imine (C=N–C) groups is 1. The summed E-state index contributed by atoms with van der Waals surface area (Å²) < 4.78 is 7.17. The van der Waals surface area contributed by atoms with Crippen LogP contribution in [0.1, 0.15) is 55.0 Å². The fraction of sp³-hybridized carbons (Fsp3) is 0.433. The van der Waals surface area contributed by atoms with Gasteiger partial charge in [-0.05, 0) is 66.2 Å². The van der Waals surface area contributed by atoms with Gasteiger partial charge in [0, 0.05) is 43.2 Å². The molecule has 37 heavy (non-hydrogen) atoms. The number of hydrogen-bond donors (Lipinski definition) is 1. The number of anilines is 1. The number of allylic oxidation sites excluding steroid dienone is 5. The second kappa shape index (κ2) is 10.6. The lowest BCUT2D eigenvalue weighted by molar-refractivity contribution is 0.0730. The van der Waals surface area contributed by atoms with Crippen molar-refractivity contribution in [2.75, 3.05) is 31.2 Å². The maximum atomic E-state index is 13.7. The Morgan fingerprint density at radius 1 is 1.05 bits per heavy atom. The zero-order chi connectivity index (χ0) is 25.2. The number of aliphatic hydroxyl groups excluding tert-OH is 1. The Labute approximate surface area is 217 Å². The molecule has 2 aliphatic heterocycles. The summed E-state index contributed by atoms with van der Waals surface area (Å²) in [5.74, 6) is 0. The Hall–Kier alpha value is -3.29. The van der Waals surface area contributed by atoms with Gasteiger partial charge in [-0.15, -0.1) is 0 Å². The van der Waals surface area contributed by atoms with Crippen molar-refractivity contribution in [1.29, 1.82) is 0 Å². The van der Waals surface area contributed by atoms with E-state index in [-0.39, 0.29) is 11.6 Å². The van der Waals surface area contributed by atoms with Crippen LogP contribution in [-0.4, -0.2) is 53.3 Å². The van der Waals surface area contributed by atoms with E-state index in [1.54, 1.807) is 17.1 Å². The van der Waals surface area contributed by atoms with E-state index in [0.29, 0.717) is 18.4 Å². The largest absolute Gasteiger partial charge is 0.391 e. The highest BCUT2D eigenvalue weighted by Crippen LogP contribution is 2.34. The summed E-state index contributed by atoms with van der Waals surface area (Å²) in [5, 5.41) is 10.6. The number of fused-ring (bicyclic) bond motifs is 4. The molecule has 0 spiro atoms. The highest BCUT2D eigenvalue weighted by Gasteiger charge is 2.28. The summed E-state index contributed by atoms with van der Waals surface area (Å²) >= 11 is 0. The molecule has 1 aromatic heterocycles. The third-order valence-corrected chi connectivity index (χ3v) is 8.09. The molecular formula is C30H34N4O3. The van der Waals surface area contributed by atoms with Crippen LogP contribution in [0, 0.1) is 0 Å². The van der Waals surface area contributed by atoms with E-state index in [4.69, 9.17) is 9.72 Å². The lowest BCUT2D eigenvalue weighted by atomic mass is 9.87. The van der Waals surface area contributed by atoms with E-state index in [1.807, 2.05) is 12.3 Å². The van der Waals surface area contributed by atoms with Crippen molar-refractivity contribution in [3.63, 3.8) is 0 Å². The molecule has 0 radical (unpaired) electrons. The molecule has 2 atom stereocenters. The van der Waals surface area contributed by atoms with E-state index < -0.39 is 6.10 Å². The smallest absolute Gasteiger partial charge is 0.257 e. The molecule has 2 aromatic rings. The molecule has 2 aliphatic carbocycles. The first-order valence-electron chi connectivity index (χ1n) is 13.5. The maximum absolute atomic E-state index is 13.7. The average Bonchev–Trinajstić information content (AvgIpc) is 3.20. The average molecular weight is 499 g/mol. The molecule has 192 valence electrons. The Balaban J connectivity index is 1.31. The minimum Gasteiger partial charge on any atom is -0.391 e. The van der Waals surface area contributed by atoms with Gasteiger partial charge in [0.05, 0.1) is 37.4 Å². The molecule has 1 N–H and O–H groups in total. The van der Waals surface area contributed by atoms with Crippen LogP contribution in [0.3, 0.4) is 0 Å². The molecule has 7 nitrogen and oxygen atoms in total. The van der Waals surface area contributed by atoms with Gasteiger partial charge in [0.15, 0.2) is 0 Å². The van der Waals surface area contributed by atoms with Gasteiger partial charge < -0.3 is 14.7 Å². The Morgan fingerprint density at radius 2 is 1.86 bits per heavy atom. The predicted octanol–water partition coefficient (Wildman–Crippen LogP) is 4.02. The van der Waals surface area contributed by atoms with E-state index >= 15 is 0 Å². The third-order valence-electron chi connectivity index (χ3n) is 8.09. The van der Waals surface area contributed by atoms with Crippen LogP contribution in [0.15, 0.2) is 69.9 Å². The highest BCUT2D eigenvalue weighted by atomic mass is 16.5. The van der Waals surface area contributed by atoms with Crippen LogP contribution >= 0.6 is 0 Å². The van der Waals surface area contributed by atoms with Gasteiger partial charge in [-0.2, -0.15) is 0 Å². The van der Waals surface area contributed by atoms with Crippen molar-refractivity contribution < 1.29 is 9.84 Å². The first-order valence-corrected chi connectivity index (χ1v) is 13.5. The molecule has 2 bridgehead atoms. The number of morpholine rings is 1. The van der Waals surface area contributed by atoms with Crippen molar-refractivity contribution in [2.45, 2.75) is 57.1 Å². The van der Waals surface area contributed by atoms with Gasteiger partial charge in [-0.3, -0.25) is 14.4 Å². The Bertz CT molecular complexity index is 1330. The zero-order valence-electron chi connectivity index (χ0n) is 21.2. The minimum absolute atomic E-state index is 0.0315. The van der Waals surface area contributed by atoms with Gasteiger partial charge in [-0.1, -0.05) is 31.1 Å². The lowest BCUT2D eigenvalue weighted by Crippen LogP contribution is -2.36. The number of benzene rings is 1. The van der Waals surface area contributed by atoms with Gasteiger partial charge in [0.25, 0.3) is 5.56 Å². The number of ether oxygens (including phenoxy) is 1. The van der Waals surface area contributed by atoms with E-state index in [9.17, 15) is 9.90 Å². The standard InChI is InChI=1S/C30H34N4O3/c35-28-4-2-1-3-27(28)34-20-32-29-23-11-12-31-19-24(18-23)22(7-10-26(29)30(34)36)17-21-5-8-25(9-6-21)33-13-15-37-16-14-33/h5-9,11-12,19-20,27-28,35H,1-4,10,13-18H2. The Kier molecular flexibility index (Phi) is 6.89. The van der Waals surface area contributed by atoms with Crippen molar-refractivity contribution in [1.82, 2.24) is 9.55 Å².